The van der Waals surface area contributed by atoms with Crippen LogP contribution in [-0.2, 0) is 25.0 Å². The minimum atomic E-state index is -3.67. The van der Waals surface area contributed by atoms with E-state index in [9.17, 15) is 13.2 Å². The Morgan fingerprint density at radius 3 is 2.61 bits per heavy atom. The summed E-state index contributed by atoms with van der Waals surface area (Å²) in [7, 11) is -3.67. The molecule has 3 rings (SSSR count). The van der Waals surface area contributed by atoms with E-state index >= 15 is 0 Å². The molecule has 6 nitrogen and oxygen atoms in total. The molecule has 152 valence electrons. The molecule has 2 heterocycles. The maximum atomic E-state index is 13.0. The number of carbonyl (C=O) groups excluding carboxylic acids is 1. The van der Waals surface area contributed by atoms with Gasteiger partial charge in [0, 0.05) is 42.2 Å². The highest BCUT2D eigenvalue weighted by Gasteiger charge is 2.36. The summed E-state index contributed by atoms with van der Waals surface area (Å²) in [6, 6.07) is 8.93. The molecule has 1 amide bonds. The van der Waals surface area contributed by atoms with Crippen molar-refractivity contribution in [1.29, 1.82) is 0 Å². The lowest BCUT2D eigenvalue weighted by Gasteiger charge is -2.36. The van der Waals surface area contributed by atoms with Gasteiger partial charge < -0.3 is 10.1 Å². The normalized spacial score (nSPS) is 16.6. The van der Waals surface area contributed by atoms with Crippen LogP contribution in [0.3, 0.4) is 0 Å². The highest BCUT2D eigenvalue weighted by molar-refractivity contribution is 7.89. The Kier molecular flexibility index (Phi) is 6.54. The SMILES string of the molecule is CCC(=O)Nc1ccc(S(=O)(=O)NCC2(c3cccs3)CCOCC2)c(C)c1. The van der Waals surface area contributed by atoms with Crippen molar-refractivity contribution in [3.8, 4) is 0 Å². The summed E-state index contributed by atoms with van der Waals surface area (Å²) in [4.78, 5) is 13.0. The van der Waals surface area contributed by atoms with Crippen LogP contribution >= 0.6 is 11.3 Å². The first-order valence-corrected chi connectivity index (χ1v) is 11.7. The first-order valence-electron chi connectivity index (χ1n) is 9.38. The van der Waals surface area contributed by atoms with E-state index in [0.29, 0.717) is 37.4 Å². The van der Waals surface area contributed by atoms with E-state index < -0.39 is 10.0 Å². The van der Waals surface area contributed by atoms with Crippen LogP contribution in [0.4, 0.5) is 5.69 Å². The van der Waals surface area contributed by atoms with Gasteiger partial charge in [-0.25, -0.2) is 13.1 Å². The Bertz CT molecular complexity index is 918. The number of benzene rings is 1. The Morgan fingerprint density at radius 1 is 1.25 bits per heavy atom. The second-order valence-electron chi connectivity index (χ2n) is 7.08. The van der Waals surface area contributed by atoms with Crippen molar-refractivity contribution < 1.29 is 17.9 Å². The summed E-state index contributed by atoms with van der Waals surface area (Å²) in [6.45, 7) is 5.10. The summed E-state index contributed by atoms with van der Waals surface area (Å²) >= 11 is 1.66. The number of anilines is 1. The molecule has 1 aliphatic rings. The van der Waals surface area contributed by atoms with Gasteiger partial charge in [-0.05, 0) is 55.0 Å². The standard InChI is InChI=1S/C20H26N2O4S2/c1-3-19(23)22-16-6-7-17(15(2)13-16)28(24,25)21-14-20(8-10-26-11-9-20)18-5-4-12-27-18/h4-7,12-13,21H,3,8-11,14H2,1-2H3,(H,22,23). The van der Waals surface area contributed by atoms with Crippen LogP contribution in [0, 0.1) is 6.92 Å². The number of nitrogens with one attached hydrogen (secondary N) is 2. The van der Waals surface area contributed by atoms with Crippen molar-refractivity contribution in [3.05, 3.63) is 46.2 Å². The van der Waals surface area contributed by atoms with Crippen LogP contribution in [0.2, 0.25) is 0 Å². The van der Waals surface area contributed by atoms with Crippen LogP contribution in [0.5, 0.6) is 0 Å². The molecule has 0 saturated carbocycles. The molecule has 0 radical (unpaired) electrons. The first-order chi connectivity index (χ1) is 13.4. The van der Waals surface area contributed by atoms with Crippen molar-refractivity contribution in [1.82, 2.24) is 4.72 Å². The summed E-state index contributed by atoms with van der Waals surface area (Å²) < 4.78 is 34.3. The number of rotatable bonds is 7. The summed E-state index contributed by atoms with van der Waals surface area (Å²) in [5.41, 5.74) is 0.962. The van der Waals surface area contributed by atoms with Gasteiger partial charge in [-0.2, -0.15) is 0 Å². The predicted molar refractivity (Wildman–Crippen MR) is 111 cm³/mol. The van der Waals surface area contributed by atoms with Crippen LogP contribution in [0.1, 0.15) is 36.6 Å². The van der Waals surface area contributed by atoms with E-state index in [4.69, 9.17) is 4.74 Å². The van der Waals surface area contributed by atoms with Gasteiger partial charge in [0.25, 0.3) is 0 Å². The third-order valence-electron chi connectivity index (χ3n) is 5.16. The highest BCUT2D eigenvalue weighted by Crippen LogP contribution is 2.37. The molecule has 1 fully saturated rings. The molecule has 1 saturated heterocycles. The minimum Gasteiger partial charge on any atom is -0.381 e. The summed E-state index contributed by atoms with van der Waals surface area (Å²) in [5, 5.41) is 4.78. The van der Waals surface area contributed by atoms with Crippen molar-refractivity contribution >= 4 is 33.0 Å². The Balaban J connectivity index is 1.78. The number of thiophene rings is 1. The fourth-order valence-electron chi connectivity index (χ4n) is 3.44. The van der Waals surface area contributed by atoms with Crippen LogP contribution < -0.4 is 10.0 Å². The molecule has 28 heavy (non-hydrogen) atoms. The van der Waals surface area contributed by atoms with E-state index in [0.717, 1.165) is 12.8 Å². The fraction of sp³-hybridized carbons (Fsp3) is 0.450. The molecule has 0 atom stereocenters. The second kappa shape index (κ2) is 8.73. The lowest BCUT2D eigenvalue weighted by atomic mass is 9.79. The lowest BCUT2D eigenvalue weighted by Crippen LogP contribution is -2.44. The molecule has 0 unspecified atom stereocenters. The van der Waals surface area contributed by atoms with Crippen molar-refractivity contribution in [2.24, 2.45) is 0 Å². The minimum absolute atomic E-state index is 0.106. The molecule has 2 aromatic rings. The zero-order valence-electron chi connectivity index (χ0n) is 16.2. The van der Waals surface area contributed by atoms with Gasteiger partial charge in [0.1, 0.15) is 0 Å². The largest absolute Gasteiger partial charge is 0.381 e. The van der Waals surface area contributed by atoms with Crippen LogP contribution in [-0.4, -0.2) is 34.1 Å². The maximum Gasteiger partial charge on any atom is 0.240 e. The summed E-state index contributed by atoms with van der Waals surface area (Å²) in [6.07, 6.45) is 1.95. The molecular formula is C20H26N2O4S2. The number of amides is 1. The molecule has 0 spiro atoms. The smallest absolute Gasteiger partial charge is 0.240 e. The van der Waals surface area contributed by atoms with Gasteiger partial charge in [-0.1, -0.05) is 13.0 Å². The van der Waals surface area contributed by atoms with Gasteiger partial charge in [0.15, 0.2) is 0 Å². The predicted octanol–water partition coefficient (Wildman–Crippen LogP) is 3.43. The first kappa shape index (κ1) is 21.0. The topological polar surface area (TPSA) is 84.5 Å². The summed E-state index contributed by atoms with van der Waals surface area (Å²) in [5.74, 6) is -0.106. The van der Waals surface area contributed by atoms with Gasteiger partial charge in [-0.3, -0.25) is 4.79 Å². The molecule has 0 bridgehead atoms. The number of hydrogen-bond acceptors (Lipinski definition) is 5. The van der Waals surface area contributed by atoms with Crippen LogP contribution in [0.25, 0.3) is 0 Å². The molecule has 8 heteroatoms. The van der Waals surface area contributed by atoms with Gasteiger partial charge in [0.2, 0.25) is 15.9 Å². The molecule has 1 aromatic carbocycles. The third kappa shape index (κ3) is 4.63. The van der Waals surface area contributed by atoms with Crippen molar-refractivity contribution in [3.63, 3.8) is 0 Å². The average Bonchev–Trinajstić information content (AvgIpc) is 3.22. The quantitative estimate of drug-likeness (QED) is 0.716. The van der Waals surface area contributed by atoms with E-state index in [1.807, 2.05) is 11.4 Å². The number of sulfonamides is 1. The highest BCUT2D eigenvalue weighted by atomic mass is 32.2. The number of carbonyl (C=O) groups is 1. The van der Waals surface area contributed by atoms with Gasteiger partial charge in [-0.15, -0.1) is 11.3 Å². The van der Waals surface area contributed by atoms with Gasteiger partial charge in [0.05, 0.1) is 4.90 Å². The van der Waals surface area contributed by atoms with Gasteiger partial charge >= 0.3 is 0 Å². The Labute approximate surface area is 170 Å². The number of aryl methyl sites for hydroxylation is 1. The Hall–Kier alpha value is -1.74. The third-order valence-corrected chi connectivity index (χ3v) is 7.84. The van der Waals surface area contributed by atoms with E-state index in [-0.39, 0.29) is 16.2 Å². The average molecular weight is 423 g/mol. The molecule has 1 aromatic heterocycles. The van der Waals surface area contributed by atoms with Crippen molar-refractivity contribution in [2.45, 2.75) is 43.4 Å². The molecule has 2 N–H and O–H groups in total. The van der Waals surface area contributed by atoms with E-state index in [1.54, 1.807) is 43.4 Å². The number of hydrogen-bond donors (Lipinski definition) is 2. The monoisotopic (exact) mass is 422 g/mol. The zero-order chi connectivity index (χ0) is 20.2. The van der Waals surface area contributed by atoms with E-state index in [2.05, 4.69) is 16.1 Å². The number of ether oxygens (including phenoxy) is 1. The fourth-order valence-corrected chi connectivity index (χ4v) is 5.78. The molecule has 0 aliphatic carbocycles. The second-order valence-corrected chi connectivity index (χ2v) is 9.76. The van der Waals surface area contributed by atoms with Crippen molar-refractivity contribution in [2.75, 3.05) is 25.1 Å². The molecular weight excluding hydrogens is 396 g/mol. The maximum absolute atomic E-state index is 13.0. The lowest BCUT2D eigenvalue weighted by molar-refractivity contribution is -0.115. The van der Waals surface area contributed by atoms with Crippen LogP contribution in [0.15, 0.2) is 40.6 Å². The Morgan fingerprint density at radius 2 is 2.00 bits per heavy atom. The van der Waals surface area contributed by atoms with E-state index in [1.165, 1.54) is 4.88 Å². The molecule has 1 aliphatic heterocycles. The zero-order valence-corrected chi connectivity index (χ0v) is 17.8.